The van der Waals surface area contributed by atoms with Crippen molar-refractivity contribution in [3.63, 3.8) is 0 Å². The summed E-state index contributed by atoms with van der Waals surface area (Å²) in [6.07, 6.45) is 0. The van der Waals surface area contributed by atoms with Gasteiger partial charge in [-0.3, -0.25) is 9.35 Å². The lowest BCUT2D eigenvalue weighted by atomic mass is 9.82. The molecule has 3 rings (SSSR count). The van der Waals surface area contributed by atoms with E-state index in [1.165, 1.54) is 24.3 Å². The number of rotatable bonds is 7. The summed E-state index contributed by atoms with van der Waals surface area (Å²) in [6.45, 7) is 1.82. The van der Waals surface area contributed by atoms with E-state index in [0.717, 1.165) is 5.56 Å². The molecule has 0 aliphatic carbocycles. The van der Waals surface area contributed by atoms with Crippen molar-refractivity contribution in [1.29, 1.82) is 0 Å². The molecule has 0 fully saturated rings. The minimum atomic E-state index is -2.53. The predicted molar refractivity (Wildman–Crippen MR) is 111 cm³/mol. The summed E-state index contributed by atoms with van der Waals surface area (Å²) in [5, 5.41) is 2.91. The van der Waals surface area contributed by atoms with E-state index in [4.69, 9.17) is 0 Å². The molecule has 29 heavy (non-hydrogen) atoms. The molecular formula is C22H21FN2O3S. The number of benzene rings is 3. The highest BCUT2D eigenvalue weighted by Gasteiger charge is 2.44. The van der Waals surface area contributed by atoms with Gasteiger partial charge in [-0.25, -0.2) is 8.60 Å². The zero-order valence-corrected chi connectivity index (χ0v) is 16.5. The molecule has 0 heterocycles. The van der Waals surface area contributed by atoms with Crippen LogP contribution < -0.4 is 10.0 Å². The molecule has 150 valence electrons. The van der Waals surface area contributed by atoms with E-state index in [1.807, 2.05) is 37.3 Å². The molecule has 3 unspecified atom stereocenters. The van der Waals surface area contributed by atoms with E-state index in [-0.39, 0.29) is 6.04 Å². The number of carbonyl (C=O) groups is 1. The number of amides is 1. The second-order valence-corrected chi connectivity index (χ2v) is 7.28. The van der Waals surface area contributed by atoms with Gasteiger partial charge >= 0.3 is 0 Å². The van der Waals surface area contributed by atoms with Crippen LogP contribution in [0.15, 0.2) is 84.9 Å². The van der Waals surface area contributed by atoms with Crippen molar-refractivity contribution in [2.24, 2.45) is 0 Å². The van der Waals surface area contributed by atoms with Crippen molar-refractivity contribution in [3.05, 3.63) is 107 Å². The standard InChI is InChI=1S/C22H21FN2O3S/c1-16(17-8-4-2-5-9-17)24-21(26)22(25-29(27)28,18-10-6-3-7-11-18)19-12-14-20(23)15-13-19/h2-16,25H,1H3,(H,24,26)(H,27,28). The van der Waals surface area contributed by atoms with Gasteiger partial charge < -0.3 is 5.32 Å². The molecule has 1 amide bonds. The highest BCUT2D eigenvalue weighted by Crippen LogP contribution is 2.32. The van der Waals surface area contributed by atoms with Crippen LogP contribution in [0.3, 0.4) is 0 Å². The highest BCUT2D eigenvalue weighted by molar-refractivity contribution is 7.77. The summed E-state index contributed by atoms with van der Waals surface area (Å²) < 4.78 is 37.5. The first-order valence-corrected chi connectivity index (χ1v) is 10.1. The van der Waals surface area contributed by atoms with Gasteiger partial charge in [0, 0.05) is 0 Å². The summed E-state index contributed by atoms with van der Waals surface area (Å²) in [7, 11) is 0. The lowest BCUT2D eigenvalue weighted by Crippen LogP contribution is -2.56. The van der Waals surface area contributed by atoms with Gasteiger partial charge in [-0.05, 0) is 35.7 Å². The molecule has 0 saturated carbocycles. The largest absolute Gasteiger partial charge is 0.347 e. The lowest BCUT2D eigenvalue weighted by Gasteiger charge is -2.34. The first kappa shape index (κ1) is 20.9. The van der Waals surface area contributed by atoms with Gasteiger partial charge in [0.15, 0.2) is 5.54 Å². The highest BCUT2D eigenvalue weighted by atomic mass is 32.2. The van der Waals surface area contributed by atoms with Crippen molar-refractivity contribution >= 4 is 17.2 Å². The number of nitrogens with one attached hydrogen (secondary N) is 2. The van der Waals surface area contributed by atoms with Gasteiger partial charge in [-0.2, -0.15) is 4.72 Å². The normalized spacial score (nSPS) is 15.1. The smallest absolute Gasteiger partial charge is 0.251 e. The number of hydrogen-bond donors (Lipinski definition) is 3. The van der Waals surface area contributed by atoms with E-state index in [9.17, 15) is 17.9 Å². The monoisotopic (exact) mass is 412 g/mol. The van der Waals surface area contributed by atoms with E-state index >= 15 is 0 Å². The Hall–Kier alpha value is -2.87. The molecule has 0 aromatic heterocycles. The Kier molecular flexibility index (Phi) is 6.53. The van der Waals surface area contributed by atoms with Crippen LogP contribution in [0.4, 0.5) is 4.39 Å². The van der Waals surface area contributed by atoms with Crippen LogP contribution in [0.25, 0.3) is 0 Å². The van der Waals surface area contributed by atoms with Gasteiger partial charge in [0.25, 0.3) is 5.91 Å². The Labute approximate surface area is 171 Å². The Morgan fingerprint density at radius 2 is 1.45 bits per heavy atom. The molecule has 0 aliphatic heterocycles. The summed E-state index contributed by atoms with van der Waals surface area (Å²) in [5.41, 5.74) is -0.0264. The van der Waals surface area contributed by atoms with E-state index in [2.05, 4.69) is 10.0 Å². The first-order valence-electron chi connectivity index (χ1n) is 8.99. The zero-order valence-electron chi connectivity index (χ0n) is 15.7. The topological polar surface area (TPSA) is 78.4 Å². The molecule has 3 N–H and O–H groups in total. The maximum atomic E-state index is 13.6. The average molecular weight is 412 g/mol. The van der Waals surface area contributed by atoms with Crippen molar-refractivity contribution < 1.29 is 17.9 Å². The van der Waals surface area contributed by atoms with Crippen LogP contribution in [0.1, 0.15) is 29.7 Å². The third kappa shape index (κ3) is 4.59. The van der Waals surface area contributed by atoms with Crippen LogP contribution in [-0.4, -0.2) is 14.7 Å². The fourth-order valence-electron chi connectivity index (χ4n) is 3.24. The summed E-state index contributed by atoms with van der Waals surface area (Å²) >= 11 is -2.53. The molecule has 3 aromatic rings. The molecule has 0 bridgehead atoms. The van der Waals surface area contributed by atoms with E-state index in [1.54, 1.807) is 30.3 Å². The number of halogens is 1. The number of carbonyl (C=O) groups excluding carboxylic acids is 1. The molecule has 3 aromatic carbocycles. The first-order chi connectivity index (χ1) is 13.9. The molecule has 5 nitrogen and oxygen atoms in total. The third-order valence-corrected chi connectivity index (χ3v) is 5.19. The second kappa shape index (κ2) is 9.09. The zero-order chi connectivity index (χ0) is 20.9. The Bertz CT molecular complexity index is 984. The van der Waals surface area contributed by atoms with Gasteiger partial charge in [-0.1, -0.05) is 72.8 Å². The molecule has 3 atom stereocenters. The Morgan fingerprint density at radius 1 is 0.931 bits per heavy atom. The van der Waals surface area contributed by atoms with Crippen molar-refractivity contribution in [2.45, 2.75) is 18.5 Å². The van der Waals surface area contributed by atoms with Gasteiger partial charge in [0.1, 0.15) is 5.82 Å². The van der Waals surface area contributed by atoms with Crippen molar-refractivity contribution in [3.8, 4) is 0 Å². The molecule has 0 radical (unpaired) electrons. The fraction of sp³-hybridized carbons (Fsp3) is 0.136. The van der Waals surface area contributed by atoms with Gasteiger partial charge in [-0.15, -0.1) is 0 Å². The van der Waals surface area contributed by atoms with Crippen molar-refractivity contribution in [2.75, 3.05) is 0 Å². The van der Waals surface area contributed by atoms with E-state index in [0.29, 0.717) is 11.1 Å². The van der Waals surface area contributed by atoms with Crippen LogP contribution in [0.5, 0.6) is 0 Å². The summed E-state index contributed by atoms with van der Waals surface area (Å²) in [6, 6.07) is 22.9. The summed E-state index contributed by atoms with van der Waals surface area (Å²) in [5.74, 6) is -1.01. The minimum Gasteiger partial charge on any atom is -0.347 e. The molecule has 0 spiro atoms. The summed E-state index contributed by atoms with van der Waals surface area (Å²) in [4.78, 5) is 13.6. The van der Waals surface area contributed by atoms with Crippen LogP contribution in [-0.2, 0) is 21.6 Å². The van der Waals surface area contributed by atoms with Crippen LogP contribution in [0, 0.1) is 5.82 Å². The van der Waals surface area contributed by atoms with Gasteiger partial charge in [0.2, 0.25) is 11.3 Å². The average Bonchev–Trinajstić information content (AvgIpc) is 2.73. The second-order valence-electron chi connectivity index (χ2n) is 6.58. The predicted octanol–water partition coefficient (Wildman–Crippen LogP) is 3.67. The molecule has 0 saturated heterocycles. The maximum Gasteiger partial charge on any atom is 0.251 e. The quantitative estimate of drug-likeness (QED) is 0.518. The van der Waals surface area contributed by atoms with Crippen LogP contribution in [0.2, 0.25) is 0 Å². The molecular weight excluding hydrogens is 391 g/mol. The third-order valence-electron chi connectivity index (χ3n) is 4.71. The van der Waals surface area contributed by atoms with Gasteiger partial charge in [0.05, 0.1) is 6.04 Å². The SMILES string of the molecule is CC(NC(=O)C(NS(=O)O)(c1ccccc1)c1ccc(F)cc1)c1ccccc1. The Morgan fingerprint density at radius 3 is 2.00 bits per heavy atom. The van der Waals surface area contributed by atoms with Crippen LogP contribution >= 0.6 is 0 Å². The Balaban J connectivity index is 2.11. The number of hydrogen-bond acceptors (Lipinski definition) is 2. The fourth-order valence-corrected chi connectivity index (χ4v) is 3.83. The minimum absolute atomic E-state index is 0.338. The van der Waals surface area contributed by atoms with Crippen molar-refractivity contribution in [1.82, 2.24) is 10.0 Å². The lowest BCUT2D eigenvalue weighted by molar-refractivity contribution is -0.126. The molecule has 0 aliphatic rings. The molecule has 7 heteroatoms. The maximum absolute atomic E-state index is 13.6. The van der Waals surface area contributed by atoms with E-state index < -0.39 is 28.5 Å².